The Morgan fingerprint density at radius 2 is 2.08 bits per heavy atom. The van der Waals surface area contributed by atoms with Crippen molar-refractivity contribution in [1.82, 2.24) is 0 Å². The molecule has 60 valence electrons. The van der Waals surface area contributed by atoms with Crippen molar-refractivity contribution in [3.05, 3.63) is 41.5 Å². The zero-order chi connectivity index (χ0) is 8.81. The third-order valence-corrected chi connectivity index (χ3v) is 1.54. The number of hydrogen-bond acceptors (Lipinski definition) is 2. The quantitative estimate of drug-likeness (QED) is 0.406. The van der Waals surface area contributed by atoms with Crippen molar-refractivity contribution in [2.75, 3.05) is 0 Å². The van der Waals surface area contributed by atoms with E-state index >= 15 is 0 Å². The summed E-state index contributed by atoms with van der Waals surface area (Å²) in [5.74, 6) is 2.10. The molecule has 0 aliphatic rings. The molecule has 1 N–H and O–H groups in total. The van der Waals surface area contributed by atoms with Crippen LogP contribution < -0.4 is 0 Å². The van der Waals surface area contributed by atoms with Gasteiger partial charge in [0.15, 0.2) is 6.29 Å². The number of allylic oxidation sites excluding steroid dienone is 1. The second-order valence-electron chi connectivity index (χ2n) is 2.43. The Kier molecular flexibility index (Phi) is 3.00. The summed E-state index contributed by atoms with van der Waals surface area (Å²) in [7, 11) is 0. The molecule has 1 aromatic rings. The molecule has 0 radical (unpaired) electrons. The number of aldehydes is 1. The fraction of sp³-hybridized carbons (Fsp3) is 0.100. The van der Waals surface area contributed by atoms with Gasteiger partial charge in [-0.05, 0) is 11.4 Å². The topological polar surface area (TPSA) is 40.9 Å². The van der Waals surface area contributed by atoms with Gasteiger partial charge in [0, 0.05) is 6.42 Å². The van der Waals surface area contributed by atoms with Crippen molar-refractivity contribution in [3.8, 4) is 0 Å². The normalized spacial score (nSPS) is 8.67. The molecule has 2 nitrogen and oxygen atoms in total. The summed E-state index contributed by atoms with van der Waals surface area (Å²) >= 11 is 0. The van der Waals surface area contributed by atoms with Crippen LogP contribution in [0.25, 0.3) is 0 Å². The van der Waals surface area contributed by atoms with Crippen LogP contribution in [-0.2, 0) is 11.2 Å². The van der Waals surface area contributed by atoms with E-state index in [1.165, 1.54) is 0 Å². The van der Waals surface area contributed by atoms with Gasteiger partial charge < -0.3 is 0 Å². The summed E-state index contributed by atoms with van der Waals surface area (Å²) in [4.78, 5) is 10.3. The first kappa shape index (κ1) is 8.44. The van der Waals surface area contributed by atoms with E-state index in [9.17, 15) is 4.79 Å². The Bertz CT molecular complexity index is 310. The Morgan fingerprint density at radius 3 is 2.58 bits per heavy atom. The highest BCUT2D eigenvalue weighted by atomic mass is 16.1. The summed E-state index contributed by atoms with van der Waals surface area (Å²) in [6.07, 6.45) is 1.16. The van der Waals surface area contributed by atoms with Gasteiger partial charge in [0.05, 0.1) is 5.57 Å². The van der Waals surface area contributed by atoms with Crippen LogP contribution in [0.15, 0.2) is 35.9 Å². The predicted molar refractivity (Wildman–Crippen MR) is 47.4 cm³/mol. The molecule has 0 saturated heterocycles. The molecule has 0 aromatic heterocycles. The average Bonchev–Trinajstić information content (AvgIpc) is 2.16. The molecular formula is C10H9NO. The zero-order valence-corrected chi connectivity index (χ0v) is 6.58. The van der Waals surface area contributed by atoms with Crippen LogP contribution in [0.1, 0.15) is 5.56 Å². The number of carbonyl (C=O) groups is 1. The highest BCUT2D eigenvalue weighted by Gasteiger charge is 1.95. The van der Waals surface area contributed by atoms with Crippen molar-refractivity contribution in [1.29, 1.82) is 5.41 Å². The first-order valence-corrected chi connectivity index (χ1v) is 3.64. The van der Waals surface area contributed by atoms with Gasteiger partial charge in [-0.3, -0.25) is 10.2 Å². The van der Waals surface area contributed by atoms with Gasteiger partial charge in [-0.25, -0.2) is 0 Å². The van der Waals surface area contributed by atoms with Crippen LogP contribution in [0.3, 0.4) is 0 Å². The second kappa shape index (κ2) is 4.27. The molecule has 0 spiro atoms. The van der Waals surface area contributed by atoms with E-state index in [-0.39, 0.29) is 0 Å². The molecule has 0 heterocycles. The first-order valence-electron chi connectivity index (χ1n) is 3.64. The zero-order valence-electron chi connectivity index (χ0n) is 6.58. The van der Waals surface area contributed by atoms with E-state index in [1.807, 2.05) is 30.3 Å². The van der Waals surface area contributed by atoms with Crippen molar-refractivity contribution < 1.29 is 4.79 Å². The minimum absolute atomic E-state index is 0.376. The maximum absolute atomic E-state index is 10.3. The van der Waals surface area contributed by atoms with Crippen LogP contribution in [0.5, 0.6) is 0 Å². The van der Waals surface area contributed by atoms with Crippen molar-refractivity contribution in [2.24, 2.45) is 0 Å². The van der Waals surface area contributed by atoms with Crippen LogP contribution in [0, 0.1) is 5.41 Å². The molecule has 2 heteroatoms. The molecule has 0 aliphatic heterocycles. The smallest absolute Gasteiger partial charge is 0.155 e. The number of nitrogens with one attached hydrogen (secondary N) is 1. The van der Waals surface area contributed by atoms with Gasteiger partial charge in [-0.1, -0.05) is 30.3 Å². The number of rotatable bonds is 3. The summed E-state index contributed by atoms with van der Waals surface area (Å²) in [6.45, 7) is 0. The van der Waals surface area contributed by atoms with Crippen molar-refractivity contribution in [2.45, 2.75) is 6.42 Å². The predicted octanol–water partition coefficient (Wildman–Crippen LogP) is 1.60. The summed E-state index contributed by atoms with van der Waals surface area (Å²) in [5.41, 5.74) is 1.40. The van der Waals surface area contributed by atoms with Crippen LogP contribution in [-0.4, -0.2) is 12.2 Å². The Balaban J connectivity index is 2.77. The molecule has 0 amide bonds. The summed E-state index contributed by atoms with van der Waals surface area (Å²) < 4.78 is 0. The maximum atomic E-state index is 10.3. The molecule has 1 aromatic carbocycles. The van der Waals surface area contributed by atoms with Gasteiger partial charge in [-0.15, -0.1) is 0 Å². The summed E-state index contributed by atoms with van der Waals surface area (Å²) in [5, 5.41) is 6.79. The van der Waals surface area contributed by atoms with Gasteiger partial charge in [0.2, 0.25) is 0 Å². The fourth-order valence-electron chi connectivity index (χ4n) is 0.931. The molecule has 0 bridgehead atoms. The molecular weight excluding hydrogens is 150 g/mol. The summed E-state index contributed by atoms with van der Waals surface area (Å²) in [6, 6.07) is 9.56. The lowest BCUT2D eigenvalue weighted by molar-refractivity contribution is -0.104. The minimum Gasteiger partial charge on any atom is -0.297 e. The van der Waals surface area contributed by atoms with E-state index in [0.29, 0.717) is 18.3 Å². The minimum atomic E-state index is 0.376. The number of carbonyl (C=O) groups excluding carboxylic acids is 1. The SMILES string of the molecule is N=C=C(C=O)Cc1ccccc1. The Morgan fingerprint density at radius 1 is 1.42 bits per heavy atom. The Hall–Kier alpha value is -1.66. The van der Waals surface area contributed by atoms with Crippen LogP contribution >= 0.6 is 0 Å². The maximum Gasteiger partial charge on any atom is 0.155 e. The fourth-order valence-corrected chi connectivity index (χ4v) is 0.931. The third kappa shape index (κ3) is 2.19. The molecule has 0 fully saturated rings. The van der Waals surface area contributed by atoms with Gasteiger partial charge in [0.1, 0.15) is 0 Å². The van der Waals surface area contributed by atoms with Crippen LogP contribution in [0.2, 0.25) is 0 Å². The molecule has 12 heavy (non-hydrogen) atoms. The van der Waals surface area contributed by atoms with Gasteiger partial charge in [-0.2, -0.15) is 0 Å². The number of hydrogen-bond donors (Lipinski definition) is 1. The van der Waals surface area contributed by atoms with E-state index in [1.54, 1.807) is 0 Å². The highest BCUT2D eigenvalue weighted by Crippen LogP contribution is 2.03. The van der Waals surface area contributed by atoms with Gasteiger partial charge in [0.25, 0.3) is 0 Å². The molecule has 0 unspecified atom stereocenters. The third-order valence-electron chi connectivity index (χ3n) is 1.54. The van der Waals surface area contributed by atoms with E-state index < -0.39 is 0 Å². The molecule has 1 rings (SSSR count). The molecule has 0 saturated carbocycles. The van der Waals surface area contributed by atoms with Gasteiger partial charge >= 0.3 is 0 Å². The highest BCUT2D eigenvalue weighted by molar-refractivity contribution is 5.86. The van der Waals surface area contributed by atoms with Crippen molar-refractivity contribution >= 4 is 12.2 Å². The van der Waals surface area contributed by atoms with E-state index in [0.717, 1.165) is 5.56 Å². The second-order valence-corrected chi connectivity index (χ2v) is 2.43. The molecule has 0 aliphatic carbocycles. The largest absolute Gasteiger partial charge is 0.297 e. The Labute approximate surface area is 71.0 Å². The van der Waals surface area contributed by atoms with Crippen molar-refractivity contribution in [3.63, 3.8) is 0 Å². The lowest BCUT2D eigenvalue weighted by atomic mass is 10.1. The monoisotopic (exact) mass is 159 g/mol. The lowest BCUT2D eigenvalue weighted by Crippen LogP contribution is -1.91. The lowest BCUT2D eigenvalue weighted by Gasteiger charge is -1.95. The first-order chi connectivity index (χ1) is 5.86. The van der Waals surface area contributed by atoms with E-state index in [4.69, 9.17) is 5.41 Å². The van der Waals surface area contributed by atoms with Crippen LogP contribution in [0.4, 0.5) is 0 Å². The number of benzene rings is 1. The average molecular weight is 159 g/mol. The van der Waals surface area contributed by atoms with E-state index in [2.05, 4.69) is 5.87 Å². The molecule has 0 atom stereocenters. The standard InChI is InChI=1S/C10H9NO/c11-7-10(8-12)6-9-4-2-1-3-5-9/h1-5,8,11H,6H2.